The Labute approximate surface area is 79.7 Å². The van der Waals surface area contributed by atoms with Gasteiger partial charge in [0.15, 0.2) is 0 Å². The quantitative estimate of drug-likeness (QED) is 0.807. The summed E-state index contributed by atoms with van der Waals surface area (Å²) in [6, 6.07) is 0. The minimum absolute atomic E-state index is 0.00954. The summed E-state index contributed by atoms with van der Waals surface area (Å²) in [7, 11) is 0. The molecule has 1 aromatic rings. The molecule has 0 saturated heterocycles. The van der Waals surface area contributed by atoms with Crippen molar-refractivity contribution in [3.8, 4) is 0 Å². The molecule has 2 N–H and O–H groups in total. The van der Waals surface area contributed by atoms with Crippen molar-refractivity contribution < 1.29 is 8.78 Å². The maximum atomic E-state index is 12.5. The van der Waals surface area contributed by atoms with E-state index >= 15 is 0 Å². The predicted molar refractivity (Wildman–Crippen MR) is 46.8 cm³/mol. The van der Waals surface area contributed by atoms with Gasteiger partial charge >= 0.3 is 0 Å². The highest BCUT2D eigenvalue weighted by atomic mass is 35.5. The summed E-state index contributed by atoms with van der Waals surface area (Å²) < 4.78 is 24.9. The number of nitrogens with zero attached hydrogens (tertiary/aromatic N) is 1. The second-order valence-electron chi connectivity index (χ2n) is 2.60. The molecule has 0 aliphatic heterocycles. The van der Waals surface area contributed by atoms with Gasteiger partial charge in [-0.1, -0.05) is 11.6 Å². The SMILES string of the molecule is Cc1c(CN)ncc(Cl)c1C(F)F. The van der Waals surface area contributed by atoms with Crippen LogP contribution in [0.15, 0.2) is 6.20 Å². The first-order valence-electron chi connectivity index (χ1n) is 3.70. The van der Waals surface area contributed by atoms with E-state index in [0.717, 1.165) is 0 Å². The number of pyridine rings is 1. The Hall–Kier alpha value is -0.740. The van der Waals surface area contributed by atoms with Crippen LogP contribution in [0.3, 0.4) is 0 Å². The molecule has 1 aromatic heterocycles. The van der Waals surface area contributed by atoms with Crippen LogP contribution < -0.4 is 5.73 Å². The van der Waals surface area contributed by atoms with E-state index in [1.807, 2.05) is 0 Å². The summed E-state index contributed by atoms with van der Waals surface area (Å²) in [5.74, 6) is 0. The molecule has 0 amide bonds. The van der Waals surface area contributed by atoms with Gasteiger partial charge in [-0.25, -0.2) is 8.78 Å². The molecule has 0 saturated carbocycles. The van der Waals surface area contributed by atoms with E-state index < -0.39 is 6.43 Å². The maximum Gasteiger partial charge on any atom is 0.265 e. The first-order chi connectivity index (χ1) is 6.07. The van der Waals surface area contributed by atoms with Crippen molar-refractivity contribution in [2.24, 2.45) is 5.73 Å². The molecule has 0 fully saturated rings. The van der Waals surface area contributed by atoms with Crippen molar-refractivity contribution in [1.29, 1.82) is 0 Å². The van der Waals surface area contributed by atoms with E-state index in [4.69, 9.17) is 17.3 Å². The first kappa shape index (κ1) is 10.3. The number of hydrogen-bond donors (Lipinski definition) is 1. The van der Waals surface area contributed by atoms with Crippen molar-refractivity contribution >= 4 is 11.6 Å². The smallest absolute Gasteiger partial charge is 0.265 e. The number of rotatable bonds is 2. The van der Waals surface area contributed by atoms with Gasteiger partial charge in [-0.15, -0.1) is 0 Å². The molecule has 72 valence electrons. The highest BCUT2D eigenvalue weighted by Crippen LogP contribution is 2.30. The number of nitrogens with two attached hydrogens (primary N) is 1. The Balaban J connectivity index is 3.30. The molecule has 0 unspecified atom stereocenters. The summed E-state index contributed by atoms with van der Waals surface area (Å²) in [5, 5.41) is -0.00954. The van der Waals surface area contributed by atoms with E-state index in [1.54, 1.807) is 6.92 Å². The Morgan fingerprint density at radius 2 is 2.23 bits per heavy atom. The van der Waals surface area contributed by atoms with Gasteiger partial charge in [0.25, 0.3) is 6.43 Å². The minimum atomic E-state index is -2.58. The van der Waals surface area contributed by atoms with Crippen LogP contribution >= 0.6 is 11.6 Å². The molecule has 1 rings (SSSR count). The van der Waals surface area contributed by atoms with Gasteiger partial charge in [0.2, 0.25) is 0 Å². The molecular formula is C8H9ClF2N2. The van der Waals surface area contributed by atoms with E-state index in [0.29, 0.717) is 11.3 Å². The monoisotopic (exact) mass is 206 g/mol. The average molecular weight is 207 g/mol. The average Bonchev–Trinajstić information content (AvgIpc) is 2.04. The predicted octanol–water partition coefficient (Wildman–Crippen LogP) is 2.44. The third-order valence-corrected chi connectivity index (χ3v) is 2.14. The van der Waals surface area contributed by atoms with Crippen LogP contribution in [0, 0.1) is 6.92 Å². The van der Waals surface area contributed by atoms with Crippen LogP contribution in [-0.2, 0) is 6.54 Å². The number of hydrogen-bond acceptors (Lipinski definition) is 2. The fourth-order valence-corrected chi connectivity index (χ4v) is 1.38. The third kappa shape index (κ3) is 1.95. The van der Waals surface area contributed by atoms with Gasteiger partial charge in [-0.2, -0.15) is 0 Å². The lowest BCUT2D eigenvalue weighted by molar-refractivity contribution is 0.150. The van der Waals surface area contributed by atoms with Gasteiger partial charge in [-0.3, -0.25) is 4.98 Å². The summed E-state index contributed by atoms with van der Waals surface area (Å²) in [4.78, 5) is 3.85. The van der Waals surface area contributed by atoms with Gasteiger partial charge in [0.1, 0.15) is 0 Å². The highest BCUT2D eigenvalue weighted by molar-refractivity contribution is 6.31. The van der Waals surface area contributed by atoms with Gasteiger partial charge in [0, 0.05) is 18.3 Å². The Morgan fingerprint density at radius 3 is 2.69 bits per heavy atom. The largest absolute Gasteiger partial charge is 0.325 e. The second-order valence-corrected chi connectivity index (χ2v) is 3.00. The van der Waals surface area contributed by atoms with E-state index in [1.165, 1.54) is 6.20 Å². The van der Waals surface area contributed by atoms with Crippen molar-refractivity contribution in [2.45, 2.75) is 19.9 Å². The lowest BCUT2D eigenvalue weighted by atomic mass is 10.1. The Kier molecular flexibility index (Phi) is 3.17. The molecule has 1 heterocycles. The minimum Gasteiger partial charge on any atom is -0.325 e. The van der Waals surface area contributed by atoms with Gasteiger partial charge < -0.3 is 5.73 Å². The van der Waals surface area contributed by atoms with Crippen molar-refractivity contribution in [2.75, 3.05) is 0 Å². The topological polar surface area (TPSA) is 38.9 Å². The molecule has 0 radical (unpaired) electrons. The van der Waals surface area contributed by atoms with Crippen LogP contribution in [0.2, 0.25) is 5.02 Å². The van der Waals surface area contributed by atoms with Gasteiger partial charge in [-0.05, 0) is 12.5 Å². The van der Waals surface area contributed by atoms with Crippen LogP contribution in [0.4, 0.5) is 8.78 Å². The molecule has 0 spiro atoms. The Bertz CT molecular complexity index is 315. The third-order valence-electron chi connectivity index (χ3n) is 1.84. The zero-order valence-corrected chi connectivity index (χ0v) is 7.78. The fraction of sp³-hybridized carbons (Fsp3) is 0.375. The lowest BCUT2D eigenvalue weighted by Crippen LogP contribution is -2.05. The second kappa shape index (κ2) is 3.98. The summed E-state index contributed by atoms with van der Waals surface area (Å²) in [6.45, 7) is 1.69. The van der Waals surface area contributed by atoms with Crippen LogP contribution in [0.5, 0.6) is 0 Å². The lowest BCUT2D eigenvalue weighted by Gasteiger charge is -2.09. The van der Waals surface area contributed by atoms with Crippen molar-refractivity contribution in [3.63, 3.8) is 0 Å². The molecule has 0 aromatic carbocycles. The first-order valence-corrected chi connectivity index (χ1v) is 4.07. The van der Waals surface area contributed by atoms with E-state index in [-0.39, 0.29) is 17.1 Å². The van der Waals surface area contributed by atoms with Crippen molar-refractivity contribution in [3.05, 3.63) is 28.0 Å². The normalized spacial score (nSPS) is 10.9. The Morgan fingerprint density at radius 1 is 1.62 bits per heavy atom. The molecular weight excluding hydrogens is 198 g/mol. The number of halogens is 3. The summed E-state index contributed by atoms with van der Waals surface area (Å²) in [6.07, 6.45) is -1.38. The zero-order chi connectivity index (χ0) is 10.0. The maximum absolute atomic E-state index is 12.5. The molecule has 0 bridgehead atoms. The number of aromatic nitrogens is 1. The highest BCUT2D eigenvalue weighted by Gasteiger charge is 2.17. The summed E-state index contributed by atoms with van der Waals surface area (Å²) >= 11 is 5.57. The molecule has 0 aliphatic rings. The fourth-order valence-electron chi connectivity index (χ4n) is 1.11. The van der Waals surface area contributed by atoms with Crippen molar-refractivity contribution in [1.82, 2.24) is 4.98 Å². The summed E-state index contributed by atoms with van der Waals surface area (Å²) in [5.41, 5.74) is 5.99. The van der Waals surface area contributed by atoms with Crippen LogP contribution in [0.1, 0.15) is 23.2 Å². The molecule has 13 heavy (non-hydrogen) atoms. The zero-order valence-electron chi connectivity index (χ0n) is 7.02. The molecule has 0 atom stereocenters. The van der Waals surface area contributed by atoms with Gasteiger partial charge in [0.05, 0.1) is 10.7 Å². The van der Waals surface area contributed by atoms with E-state index in [2.05, 4.69) is 4.98 Å². The van der Waals surface area contributed by atoms with E-state index in [9.17, 15) is 8.78 Å². The van der Waals surface area contributed by atoms with Crippen LogP contribution in [0.25, 0.3) is 0 Å². The van der Waals surface area contributed by atoms with Crippen LogP contribution in [-0.4, -0.2) is 4.98 Å². The standard InChI is InChI=1S/C8H9ClF2N2/c1-4-6(2-12)13-3-5(9)7(4)8(10)11/h3,8H,2,12H2,1H3. The molecule has 0 aliphatic carbocycles. The molecule has 5 heteroatoms. The number of alkyl halides is 2. The molecule has 2 nitrogen and oxygen atoms in total.